The average Bonchev–Trinajstić information content (AvgIpc) is 3.17. The van der Waals surface area contributed by atoms with Gasteiger partial charge in [0.2, 0.25) is 5.91 Å². The van der Waals surface area contributed by atoms with Gasteiger partial charge in [0.05, 0.1) is 27.4 Å². The molecule has 1 saturated heterocycles. The first-order valence-electron chi connectivity index (χ1n) is 10.1. The van der Waals surface area contributed by atoms with Gasteiger partial charge >= 0.3 is 0 Å². The molecule has 0 radical (unpaired) electrons. The summed E-state index contributed by atoms with van der Waals surface area (Å²) in [6.45, 7) is 2.56. The fourth-order valence-corrected chi connectivity index (χ4v) is 5.35. The number of benzene rings is 3. The molecule has 1 heterocycles. The van der Waals surface area contributed by atoms with Crippen LogP contribution in [0.2, 0.25) is 20.1 Å². The first-order chi connectivity index (χ1) is 15.9. The first-order valence-corrected chi connectivity index (χ1v) is 12.7. The Morgan fingerprint density at radius 3 is 2.39 bits per heavy atom. The Morgan fingerprint density at radius 1 is 0.939 bits per heavy atom. The molecular formula is C24H19Cl4NO3S. The van der Waals surface area contributed by atoms with Crippen molar-refractivity contribution in [1.82, 2.24) is 0 Å². The summed E-state index contributed by atoms with van der Waals surface area (Å²) in [7, 11) is 0. The molecule has 9 heteroatoms. The van der Waals surface area contributed by atoms with Crippen LogP contribution in [0, 0.1) is 0 Å². The second-order valence-electron chi connectivity index (χ2n) is 7.20. The maximum atomic E-state index is 12.7. The molecule has 3 aromatic carbocycles. The smallest absolute Gasteiger partial charge is 0.238 e. The lowest BCUT2D eigenvalue weighted by Crippen LogP contribution is -2.27. The predicted octanol–water partition coefficient (Wildman–Crippen LogP) is 8.06. The summed E-state index contributed by atoms with van der Waals surface area (Å²) in [6, 6.07) is 16.2. The Labute approximate surface area is 216 Å². The van der Waals surface area contributed by atoms with Crippen LogP contribution in [0.25, 0.3) is 0 Å². The molecule has 0 spiro atoms. The molecule has 1 atom stereocenters. The van der Waals surface area contributed by atoms with E-state index in [4.69, 9.17) is 55.9 Å². The van der Waals surface area contributed by atoms with Crippen LogP contribution in [0.5, 0.6) is 11.5 Å². The Bertz CT molecular complexity index is 1170. The third-order valence-electron chi connectivity index (χ3n) is 4.96. The molecule has 0 N–H and O–H groups in total. The van der Waals surface area contributed by atoms with Gasteiger partial charge in [0.1, 0.15) is 12.0 Å². The molecule has 0 bridgehead atoms. The van der Waals surface area contributed by atoms with Crippen LogP contribution in [-0.4, -0.2) is 18.3 Å². The van der Waals surface area contributed by atoms with Gasteiger partial charge in [-0.3, -0.25) is 9.69 Å². The number of hydrogen-bond acceptors (Lipinski definition) is 4. The second kappa shape index (κ2) is 10.7. The Kier molecular flexibility index (Phi) is 7.87. The topological polar surface area (TPSA) is 38.8 Å². The highest BCUT2D eigenvalue weighted by molar-refractivity contribution is 8.00. The fraction of sp³-hybridized carbons (Fsp3) is 0.208. The third kappa shape index (κ3) is 5.50. The van der Waals surface area contributed by atoms with Crippen molar-refractivity contribution in [3.8, 4) is 11.5 Å². The highest BCUT2D eigenvalue weighted by atomic mass is 35.5. The minimum Gasteiger partial charge on any atom is -0.490 e. The molecule has 1 aliphatic heterocycles. The molecule has 33 heavy (non-hydrogen) atoms. The molecule has 0 saturated carbocycles. The van der Waals surface area contributed by atoms with Gasteiger partial charge < -0.3 is 9.47 Å². The van der Waals surface area contributed by atoms with E-state index in [0.29, 0.717) is 43.9 Å². The lowest BCUT2D eigenvalue weighted by atomic mass is 10.1. The van der Waals surface area contributed by atoms with Gasteiger partial charge in [-0.15, -0.1) is 11.8 Å². The molecule has 4 nitrogen and oxygen atoms in total. The number of carbonyl (C=O) groups excluding carboxylic acids is 1. The van der Waals surface area contributed by atoms with Crippen LogP contribution in [-0.2, 0) is 11.4 Å². The van der Waals surface area contributed by atoms with E-state index < -0.39 is 0 Å². The summed E-state index contributed by atoms with van der Waals surface area (Å²) in [5, 5.41) is 1.69. The Balaban J connectivity index is 1.63. The van der Waals surface area contributed by atoms with E-state index in [-0.39, 0.29) is 17.9 Å². The molecular weight excluding hydrogens is 524 g/mol. The van der Waals surface area contributed by atoms with Crippen molar-refractivity contribution >= 4 is 69.8 Å². The molecule has 3 aromatic rings. The van der Waals surface area contributed by atoms with Crippen molar-refractivity contribution in [2.75, 3.05) is 17.3 Å². The number of hydrogen-bond donors (Lipinski definition) is 0. The Morgan fingerprint density at radius 2 is 1.70 bits per heavy atom. The molecule has 1 aliphatic rings. The molecule has 1 amide bonds. The SMILES string of the molecule is CCOc1cc([C@@H]2SCC(=O)N2c2ccc(Cl)cc2)cc(Cl)c1OCc1ccc(Cl)c(Cl)c1. The third-order valence-corrected chi connectivity index (χ3v) is 7.44. The summed E-state index contributed by atoms with van der Waals surface area (Å²) in [6.07, 6.45) is 0. The van der Waals surface area contributed by atoms with Gasteiger partial charge in [0.15, 0.2) is 11.5 Å². The second-order valence-corrected chi connectivity index (χ2v) is 9.93. The molecule has 0 aromatic heterocycles. The quantitative estimate of drug-likeness (QED) is 0.302. The Hall–Kier alpha value is -1.76. The number of halogens is 4. The molecule has 0 aliphatic carbocycles. The summed E-state index contributed by atoms with van der Waals surface area (Å²) in [5.41, 5.74) is 2.46. The van der Waals surface area contributed by atoms with Crippen LogP contribution < -0.4 is 14.4 Å². The normalized spacial score (nSPS) is 15.7. The number of rotatable bonds is 7. The van der Waals surface area contributed by atoms with Gasteiger partial charge in [-0.25, -0.2) is 0 Å². The van der Waals surface area contributed by atoms with E-state index in [1.165, 1.54) is 11.8 Å². The van der Waals surface area contributed by atoms with Crippen molar-refractivity contribution in [3.05, 3.63) is 85.8 Å². The molecule has 0 unspecified atom stereocenters. The maximum absolute atomic E-state index is 12.7. The number of amides is 1. The van der Waals surface area contributed by atoms with Crippen LogP contribution in [0.4, 0.5) is 5.69 Å². The van der Waals surface area contributed by atoms with Crippen molar-refractivity contribution in [2.24, 2.45) is 0 Å². The summed E-state index contributed by atoms with van der Waals surface area (Å²) in [4.78, 5) is 14.4. The molecule has 1 fully saturated rings. The van der Waals surface area contributed by atoms with Crippen LogP contribution in [0.3, 0.4) is 0 Å². The minimum atomic E-state index is -0.250. The summed E-state index contributed by atoms with van der Waals surface area (Å²) >= 11 is 26.3. The van der Waals surface area contributed by atoms with Crippen molar-refractivity contribution in [3.63, 3.8) is 0 Å². The fourth-order valence-electron chi connectivity index (χ4n) is 3.47. The predicted molar refractivity (Wildman–Crippen MR) is 138 cm³/mol. The van der Waals surface area contributed by atoms with E-state index in [0.717, 1.165) is 16.8 Å². The number of nitrogens with zero attached hydrogens (tertiary/aromatic N) is 1. The first kappa shape index (κ1) is 24.4. The zero-order valence-electron chi connectivity index (χ0n) is 17.5. The van der Waals surface area contributed by atoms with Crippen molar-refractivity contribution in [2.45, 2.75) is 18.9 Å². The number of anilines is 1. The summed E-state index contributed by atoms with van der Waals surface area (Å²) < 4.78 is 11.9. The monoisotopic (exact) mass is 541 g/mol. The zero-order chi connectivity index (χ0) is 23.5. The van der Waals surface area contributed by atoms with E-state index in [1.54, 1.807) is 29.2 Å². The standard InChI is InChI=1S/C24H19Cl4NO3S/c1-2-31-21-11-15(24-29(22(30)13-33-24)17-6-4-16(25)5-7-17)10-20(28)23(21)32-12-14-3-8-18(26)19(27)9-14/h3-11,24H,2,12-13H2,1H3/t24-/m0/s1. The molecule has 4 rings (SSSR count). The van der Waals surface area contributed by atoms with Crippen LogP contribution in [0.15, 0.2) is 54.6 Å². The lowest BCUT2D eigenvalue weighted by Gasteiger charge is -2.25. The van der Waals surface area contributed by atoms with E-state index in [1.807, 2.05) is 37.3 Å². The molecule has 172 valence electrons. The van der Waals surface area contributed by atoms with Gasteiger partial charge in [-0.2, -0.15) is 0 Å². The minimum absolute atomic E-state index is 0.0151. The number of carbonyl (C=O) groups is 1. The van der Waals surface area contributed by atoms with Gasteiger partial charge in [-0.1, -0.05) is 52.5 Å². The number of ether oxygens (including phenoxy) is 2. The maximum Gasteiger partial charge on any atom is 0.238 e. The largest absolute Gasteiger partial charge is 0.490 e. The summed E-state index contributed by atoms with van der Waals surface area (Å²) in [5.74, 6) is 1.32. The van der Waals surface area contributed by atoms with Crippen molar-refractivity contribution in [1.29, 1.82) is 0 Å². The zero-order valence-corrected chi connectivity index (χ0v) is 21.3. The highest BCUT2D eigenvalue weighted by Gasteiger charge is 2.35. The lowest BCUT2D eigenvalue weighted by molar-refractivity contribution is -0.115. The van der Waals surface area contributed by atoms with Crippen molar-refractivity contribution < 1.29 is 14.3 Å². The van der Waals surface area contributed by atoms with Gasteiger partial charge in [0.25, 0.3) is 0 Å². The average molecular weight is 543 g/mol. The van der Waals surface area contributed by atoms with E-state index >= 15 is 0 Å². The van der Waals surface area contributed by atoms with Gasteiger partial charge in [-0.05, 0) is 66.6 Å². The van der Waals surface area contributed by atoms with Crippen LogP contribution in [0.1, 0.15) is 23.4 Å². The highest BCUT2D eigenvalue weighted by Crippen LogP contribution is 2.46. The number of thioether (sulfide) groups is 1. The van der Waals surface area contributed by atoms with Crippen LogP contribution >= 0.6 is 58.2 Å². The van der Waals surface area contributed by atoms with Gasteiger partial charge in [0, 0.05) is 10.7 Å². The van der Waals surface area contributed by atoms with E-state index in [2.05, 4.69) is 0 Å². The van der Waals surface area contributed by atoms with E-state index in [9.17, 15) is 4.79 Å².